The van der Waals surface area contributed by atoms with Gasteiger partial charge < -0.3 is 10.6 Å². The van der Waals surface area contributed by atoms with Crippen molar-refractivity contribution in [3.8, 4) is 0 Å². The molecule has 0 aliphatic carbocycles. The summed E-state index contributed by atoms with van der Waals surface area (Å²) in [5.74, 6) is 1.31. The lowest BCUT2D eigenvalue weighted by molar-refractivity contribution is 0.626. The van der Waals surface area contributed by atoms with Crippen LogP contribution < -0.4 is 10.6 Å². The van der Waals surface area contributed by atoms with E-state index in [1.165, 1.54) is 0 Å². The van der Waals surface area contributed by atoms with Gasteiger partial charge in [-0.1, -0.05) is 23.2 Å². The lowest BCUT2D eigenvalue weighted by Crippen LogP contribution is -2.27. The molecule has 0 spiro atoms. The van der Waals surface area contributed by atoms with Crippen LogP contribution in [0, 0.1) is 6.92 Å². The van der Waals surface area contributed by atoms with Crippen LogP contribution in [0.1, 0.15) is 26.3 Å². The molecule has 0 radical (unpaired) electrons. The van der Waals surface area contributed by atoms with Crippen LogP contribution >= 0.6 is 23.2 Å². The molecule has 1 aromatic carbocycles. The van der Waals surface area contributed by atoms with Gasteiger partial charge in [0.15, 0.2) is 0 Å². The number of aromatic nitrogens is 2. The van der Waals surface area contributed by atoms with E-state index >= 15 is 0 Å². The molecular weight excluding hydrogens is 307 g/mol. The molecule has 0 atom stereocenters. The van der Waals surface area contributed by atoms with Gasteiger partial charge in [0.05, 0.1) is 10.0 Å². The zero-order valence-corrected chi connectivity index (χ0v) is 14.0. The van der Waals surface area contributed by atoms with E-state index in [2.05, 4.69) is 41.4 Å². The van der Waals surface area contributed by atoms with Crippen molar-refractivity contribution in [1.29, 1.82) is 0 Å². The molecule has 0 aliphatic heterocycles. The summed E-state index contributed by atoms with van der Waals surface area (Å²) in [6.45, 7) is 8.12. The third kappa shape index (κ3) is 4.48. The quantitative estimate of drug-likeness (QED) is 0.829. The van der Waals surface area contributed by atoms with Crippen LogP contribution in [0.2, 0.25) is 10.0 Å². The first-order valence-corrected chi connectivity index (χ1v) is 7.34. The fourth-order valence-corrected chi connectivity index (χ4v) is 1.97. The molecule has 1 aromatic heterocycles. The Morgan fingerprint density at radius 2 is 1.81 bits per heavy atom. The van der Waals surface area contributed by atoms with Gasteiger partial charge in [-0.15, -0.1) is 0 Å². The summed E-state index contributed by atoms with van der Waals surface area (Å²) in [6.07, 6.45) is 1.78. The third-order valence-corrected chi connectivity index (χ3v) is 3.38. The standard InChI is InChI=1S/C15H18Cl2N4/c1-9-8-18-14(21-15(2,3)4)20-13(9)19-10-5-6-11(16)12(17)7-10/h5-8H,1-4H3,(H2,18,19,20,21). The maximum Gasteiger partial charge on any atom is 0.225 e. The maximum absolute atomic E-state index is 6.02. The molecular formula is C15H18Cl2N4. The Morgan fingerprint density at radius 3 is 2.43 bits per heavy atom. The first-order chi connectivity index (χ1) is 9.74. The predicted octanol–water partition coefficient (Wildman–Crippen LogP) is 5.05. The fraction of sp³-hybridized carbons (Fsp3) is 0.333. The number of nitrogens with one attached hydrogen (secondary N) is 2. The van der Waals surface area contributed by atoms with E-state index in [9.17, 15) is 0 Å². The minimum Gasteiger partial charge on any atom is -0.350 e. The zero-order valence-electron chi connectivity index (χ0n) is 12.5. The molecule has 0 amide bonds. The van der Waals surface area contributed by atoms with Gasteiger partial charge in [-0.25, -0.2) is 4.98 Å². The maximum atomic E-state index is 6.02. The van der Waals surface area contributed by atoms with Gasteiger partial charge in [-0.3, -0.25) is 0 Å². The Hall–Kier alpha value is -1.52. The van der Waals surface area contributed by atoms with Gasteiger partial charge >= 0.3 is 0 Å². The van der Waals surface area contributed by atoms with E-state index in [4.69, 9.17) is 23.2 Å². The second-order valence-electron chi connectivity index (χ2n) is 5.85. The molecule has 21 heavy (non-hydrogen) atoms. The highest BCUT2D eigenvalue weighted by Gasteiger charge is 2.12. The Labute approximate surface area is 134 Å². The lowest BCUT2D eigenvalue weighted by Gasteiger charge is -2.21. The molecule has 0 saturated carbocycles. The van der Waals surface area contributed by atoms with E-state index in [1.807, 2.05) is 13.0 Å². The molecule has 0 bridgehead atoms. The summed E-state index contributed by atoms with van der Waals surface area (Å²) in [6, 6.07) is 5.37. The summed E-state index contributed by atoms with van der Waals surface area (Å²) < 4.78 is 0. The highest BCUT2D eigenvalue weighted by molar-refractivity contribution is 6.42. The normalized spacial score (nSPS) is 11.3. The number of rotatable bonds is 3. The van der Waals surface area contributed by atoms with Gasteiger partial charge in [0.25, 0.3) is 0 Å². The van der Waals surface area contributed by atoms with E-state index < -0.39 is 0 Å². The van der Waals surface area contributed by atoms with Crippen LogP contribution in [0.15, 0.2) is 24.4 Å². The van der Waals surface area contributed by atoms with Crippen LogP contribution in [-0.2, 0) is 0 Å². The Balaban J connectivity index is 2.26. The molecule has 2 rings (SSSR count). The lowest BCUT2D eigenvalue weighted by atomic mass is 10.1. The minimum absolute atomic E-state index is 0.101. The Kier molecular flexibility index (Phi) is 4.59. The number of hydrogen-bond acceptors (Lipinski definition) is 4. The van der Waals surface area contributed by atoms with Crippen molar-refractivity contribution in [2.45, 2.75) is 33.2 Å². The number of halogens is 2. The predicted molar refractivity (Wildman–Crippen MR) is 89.9 cm³/mol. The molecule has 2 aromatic rings. The average Bonchev–Trinajstić information content (AvgIpc) is 2.36. The monoisotopic (exact) mass is 324 g/mol. The van der Waals surface area contributed by atoms with Crippen LogP contribution in [0.4, 0.5) is 17.5 Å². The van der Waals surface area contributed by atoms with E-state index in [-0.39, 0.29) is 5.54 Å². The first kappa shape index (κ1) is 15.9. The fourth-order valence-electron chi connectivity index (χ4n) is 1.67. The van der Waals surface area contributed by atoms with Gasteiger partial charge in [0.1, 0.15) is 5.82 Å². The van der Waals surface area contributed by atoms with Crippen molar-refractivity contribution in [2.75, 3.05) is 10.6 Å². The second kappa shape index (κ2) is 6.08. The van der Waals surface area contributed by atoms with E-state index in [0.29, 0.717) is 16.0 Å². The number of benzene rings is 1. The summed E-state index contributed by atoms with van der Waals surface area (Å²) in [5.41, 5.74) is 1.67. The molecule has 112 valence electrons. The van der Waals surface area contributed by atoms with Gasteiger partial charge in [0, 0.05) is 23.0 Å². The topological polar surface area (TPSA) is 49.8 Å². The van der Waals surface area contributed by atoms with E-state index in [1.54, 1.807) is 18.3 Å². The number of aryl methyl sites for hydroxylation is 1. The molecule has 2 N–H and O–H groups in total. The molecule has 0 aliphatic rings. The van der Waals surface area contributed by atoms with Crippen molar-refractivity contribution < 1.29 is 0 Å². The zero-order chi connectivity index (χ0) is 15.6. The molecule has 0 saturated heterocycles. The molecule has 0 unspecified atom stereocenters. The van der Waals surface area contributed by atoms with E-state index in [0.717, 1.165) is 17.1 Å². The van der Waals surface area contributed by atoms with Crippen molar-refractivity contribution in [2.24, 2.45) is 0 Å². The summed E-state index contributed by atoms with van der Waals surface area (Å²) in [5, 5.41) is 7.50. The van der Waals surface area contributed by atoms with Crippen LogP contribution in [-0.4, -0.2) is 15.5 Å². The van der Waals surface area contributed by atoms with Crippen molar-refractivity contribution >= 4 is 40.7 Å². The number of hydrogen-bond donors (Lipinski definition) is 2. The molecule has 1 heterocycles. The van der Waals surface area contributed by atoms with Crippen molar-refractivity contribution in [3.63, 3.8) is 0 Å². The number of anilines is 3. The van der Waals surface area contributed by atoms with Crippen LogP contribution in [0.25, 0.3) is 0 Å². The van der Waals surface area contributed by atoms with Crippen LogP contribution in [0.3, 0.4) is 0 Å². The van der Waals surface area contributed by atoms with Crippen molar-refractivity contribution in [1.82, 2.24) is 9.97 Å². The largest absolute Gasteiger partial charge is 0.350 e. The van der Waals surface area contributed by atoms with Gasteiger partial charge in [0.2, 0.25) is 5.95 Å². The second-order valence-corrected chi connectivity index (χ2v) is 6.67. The summed E-state index contributed by atoms with van der Waals surface area (Å²) >= 11 is 11.9. The molecule has 0 fully saturated rings. The Bertz CT molecular complexity index is 651. The molecule has 4 nitrogen and oxygen atoms in total. The smallest absolute Gasteiger partial charge is 0.225 e. The summed E-state index contributed by atoms with van der Waals surface area (Å²) in [7, 11) is 0. The van der Waals surface area contributed by atoms with Crippen LogP contribution in [0.5, 0.6) is 0 Å². The highest BCUT2D eigenvalue weighted by atomic mass is 35.5. The Morgan fingerprint density at radius 1 is 1.10 bits per heavy atom. The highest BCUT2D eigenvalue weighted by Crippen LogP contribution is 2.27. The molecule has 6 heteroatoms. The third-order valence-electron chi connectivity index (χ3n) is 2.64. The minimum atomic E-state index is -0.101. The van der Waals surface area contributed by atoms with Crippen molar-refractivity contribution in [3.05, 3.63) is 40.0 Å². The van der Waals surface area contributed by atoms with Gasteiger partial charge in [-0.2, -0.15) is 4.98 Å². The van der Waals surface area contributed by atoms with Gasteiger partial charge in [-0.05, 0) is 45.9 Å². The average molecular weight is 325 g/mol. The SMILES string of the molecule is Cc1cnc(NC(C)(C)C)nc1Nc1ccc(Cl)c(Cl)c1. The first-order valence-electron chi connectivity index (χ1n) is 6.58. The summed E-state index contributed by atoms with van der Waals surface area (Å²) in [4.78, 5) is 8.78. The number of nitrogens with zero attached hydrogens (tertiary/aromatic N) is 2.